The van der Waals surface area contributed by atoms with Gasteiger partial charge in [0.2, 0.25) is 5.91 Å². The number of rotatable bonds is 6. The fraction of sp³-hybridized carbons (Fsp3) is 0.929. The molecule has 2 N–H and O–H groups in total. The van der Waals surface area contributed by atoms with Gasteiger partial charge in [0.15, 0.2) is 0 Å². The third kappa shape index (κ3) is 6.06. The van der Waals surface area contributed by atoms with E-state index in [-0.39, 0.29) is 11.9 Å². The maximum absolute atomic E-state index is 11.7. The molecule has 1 saturated carbocycles. The average Bonchev–Trinajstić information content (AvgIpc) is 2.34. The zero-order valence-corrected chi connectivity index (χ0v) is 11.6. The SMILES string of the molecule is CC(C)CNC(=O)C(C)NCC1CCCCC1. The van der Waals surface area contributed by atoms with Gasteiger partial charge in [-0.1, -0.05) is 33.1 Å². The van der Waals surface area contributed by atoms with Crippen LogP contribution in [0.25, 0.3) is 0 Å². The summed E-state index contributed by atoms with van der Waals surface area (Å²) in [5.74, 6) is 1.43. The summed E-state index contributed by atoms with van der Waals surface area (Å²) in [5.41, 5.74) is 0. The Hall–Kier alpha value is -0.570. The molecule has 100 valence electrons. The Morgan fingerprint density at radius 1 is 1.18 bits per heavy atom. The van der Waals surface area contributed by atoms with Gasteiger partial charge in [0.05, 0.1) is 6.04 Å². The minimum absolute atomic E-state index is 0.0596. The Morgan fingerprint density at radius 2 is 1.82 bits per heavy atom. The van der Waals surface area contributed by atoms with E-state index in [2.05, 4.69) is 24.5 Å². The Morgan fingerprint density at radius 3 is 2.41 bits per heavy atom. The molecule has 0 aliphatic heterocycles. The molecule has 0 bridgehead atoms. The summed E-state index contributed by atoms with van der Waals surface area (Å²) in [4.78, 5) is 11.7. The molecule has 0 saturated heterocycles. The van der Waals surface area contributed by atoms with Crippen LogP contribution in [-0.2, 0) is 4.79 Å². The molecule has 1 unspecified atom stereocenters. The molecule has 3 nitrogen and oxygen atoms in total. The topological polar surface area (TPSA) is 41.1 Å². The lowest BCUT2D eigenvalue weighted by Crippen LogP contribution is -2.44. The number of carbonyl (C=O) groups excluding carboxylic acids is 1. The Kier molecular flexibility index (Phi) is 6.56. The number of amides is 1. The van der Waals surface area contributed by atoms with Crippen LogP contribution in [0.15, 0.2) is 0 Å². The van der Waals surface area contributed by atoms with Crippen LogP contribution in [0.2, 0.25) is 0 Å². The molecule has 1 fully saturated rings. The van der Waals surface area contributed by atoms with Gasteiger partial charge in [-0.3, -0.25) is 4.79 Å². The van der Waals surface area contributed by atoms with E-state index in [4.69, 9.17) is 0 Å². The first kappa shape index (κ1) is 14.5. The highest BCUT2D eigenvalue weighted by molar-refractivity contribution is 5.81. The molecule has 0 aromatic carbocycles. The van der Waals surface area contributed by atoms with Crippen molar-refractivity contribution in [3.63, 3.8) is 0 Å². The molecule has 0 aromatic rings. The van der Waals surface area contributed by atoms with Crippen molar-refractivity contribution in [3.8, 4) is 0 Å². The van der Waals surface area contributed by atoms with E-state index >= 15 is 0 Å². The number of hydrogen-bond donors (Lipinski definition) is 2. The summed E-state index contributed by atoms with van der Waals surface area (Å²) in [6.45, 7) is 7.95. The molecule has 1 rings (SSSR count). The van der Waals surface area contributed by atoms with Gasteiger partial charge >= 0.3 is 0 Å². The third-order valence-electron chi connectivity index (χ3n) is 3.52. The second kappa shape index (κ2) is 7.70. The molecule has 0 radical (unpaired) electrons. The fourth-order valence-electron chi connectivity index (χ4n) is 2.29. The molecule has 1 atom stereocenters. The third-order valence-corrected chi connectivity index (χ3v) is 3.52. The molecular weight excluding hydrogens is 212 g/mol. The monoisotopic (exact) mass is 240 g/mol. The minimum Gasteiger partial charge on any atom is -0.354 e. The van der Waals surface area contributed by atoms with Gasteiger partial charge in [-0.05, 0) is 38.1 Å². The zero-order valence-electron chi connectivity index (χ0n) is 11.6. The van der Waals surface area contributed by atoms with Crippen molar-refractivity contribution in [2.24, 2.45) is 11.8 Å². The van der Waals surface area contributed by atoms with Gasteiger partial charge in [-0.25, -0.2) is 0 Å². The van der Waals surface area contributed by atoms with Gasteiger partial charge in [-0.2, -0.15) is 0 Å². The van der Waals surface area contributed by atoms with Gasteiger partial charge in [0.25, 0.3) is 0 Å². The van der Waals surface area contributed by atoms with Crippen molar-refractivity contribution in [1.29, 1.82) is 0 Å². The molecule has 0 heterocycles. The van der Waals surface area contributed by atoms with E-state index < -0.39 is 0 Å². The highest BCUT2D eigenvalue weighted by Gasteiger charge is 2.17. The van der Waals surface area contributed by atoms with Crippen LogP contribution >= 0.6 is 0 Å². The summed E-state index contributed by atoms with van der Waals surface area (Å²) in [5, 5.41) is 6.33. The van der Waals surface area contributed by atoms with E-state index in [0.717, 1.165) is 19.0 Å². The first-order chi connectivity index (χ1) is 8.09. The summed E-state index contributed by atoms with van der Waals surface area (Å²) in [6, 6.07) is -0.0596. The van der Waals surface area contributed by atoms with E-state index in [1.54, 1.807) is 0 Å². The van der Waals surface area contributed by atoms with Gasteiger partial charge < -0.3 is 10.6 Å². The lowest BCUT2D eigenvalue weighted by molar-refractivity contribution is -0.122. The maximum atomic E-state index is 11.7. The van der Waals surface area contributed by atoms with Crippen LogP contribution in [0.5, 0.6) is 0 Å². The Bertz CT molecular complexity index is 222. The average molecular weight is 240 g/mol. The van der Waals surface area contributed by atoms with Crippen LogP contribution in [0.4, 0.5) is 0 Å². The van der Waals surface area contributed by atoms with Crippen molar-refractivity contribution in [2.45, 2.75) is 58.9 Å². The Balaban J connectivity index is 2.14. The van der Waals surface area contributed by atoms with Gasteiger partial charge in [-0.15, -0.1) is 0 Å². The predicted octanol–water partition coefficient (Wildman–Crippen LogP) is 2.32. The summed E-state index contributed by atoms with van der Waals surface area (Å²) in [7, 11) is 0. The minimum atomic E-state index is -0.0596. The van der Waals surface area contributed by atoms with Crippen molar-refractivity contribution in [3.05, 3.63) is 0 Å². The first-order valence-electron chi connectivity index (χ1n) is 7.10. The smallest absolute Gasteiger partial charge is 0.236 e. The van der Waals surface area contributed by atoms with E-state index in [0.29, 0.717) is 5.92 Å². The summed E-state index contributed by atoms with van der Waals surface area (Å²) in [6.07, 6.45) is 6.77. The molecular formula is C14H28N2O. The second-order valence-corrected chi connectivity index (χ2v) is 5.77. The molecule has 17 heavy (non-hydrogen) atoms. The zero-order chi connectivity index (χ0) is 12.7. The standard InChI is InChI=1S/C14H28N2O/c1-11(2)9-16-14(17)12(3)15-10-13-7-5-4-6-8-13/h11-13,15H,4-10H2,1-3H3,(H,16,17). The number of carbonyl (C=O) groups is 1. The molecule has 3 heteroatoms. The fourth-order valence-corrected chi connectivity index (χ4v) is 2.29. The second-order valence-electron chi connectivity index (χ2n) is 5.77. The number of nitrogens with one attached hydrogen (secondary N) is 2. The van der Waals surface area contributed by atoms with Crippen molar-refractivity contribution in [1.82, 2.24) is 10.6 Å². The lowest BCUT2D eigenvalue weighted by Gasteiger charge is -2.23. The molecule has 1 amide bonds. The quantitative estimate of drug-likeness (QED) is 0.748. The highest BCUT2D eigenvalue weighted by Crippen LogP contribution is 2.22. The molecule has 0 aromatic heterocycles. The summed E-state index contributed by atoms with van der Waals surface area (Å²) < 4.78 is 0. The van der Waals surface area contributed by atoms with Crippen LogP contribution < -0.4 is 10.6 Å². The van der Waals surface area contributed by atoms with Crippen molar-refractivity contribution < 1.29 is 4.79 Å². The van der Waals surface area contributed by atoms with Gasteiger partial charge in [0.1, 0.15) is 0 Å². The summed E-state index contributed by atoms with van der Waals surface area (Å²) >= 11 is 0. The van der Waals surface area contributed by atoms with Crippen LogP contribution in [0, 0.1) is 11.8 Å². The largest absolute Gasteiger partial charge is 0.354 e. The molecule has 1 aliphatic rings. The van der Waals surface area contributed by atoms with E-state index in [1.807, 2.05) is 6.92 Å². The van der Waals surface area contributed by atoms with Gasteiger partial charge in [0, 0.05) is 6.54 Å². The maximum Gasteiger partial charge on any atom is 0.236 e. The highest BCUT2D eigenvalue weighted by atomic mass is 16.2. The Labute approximate surface area is 106 Å². The molecule has 1 aliphatic carbocycles. The lowest BCUT2D eigenvalue weighted by atomic mass is 9.89. The predicted molar refractivity (Wildman–Crippen MR) is 71.9 cm³/mol. The normalized spacial score (nSPS) is 19.3. The van der Waals surface area contributed by atoms with E-state index in [9.17, 15) is 4.79 Å². The van der Waals surface area contributed by atoms with Crippen LogP contribution in [-0.4, -0.2) is 25.0 Å². The number of hydrogen-bond acceptors (Lipinski definition) is 2. The molecule has 0 spiro atoms. The van der Waals surface area contributed by atoms with Crippen molar-refractivity contribution >= 4 is 5.91 Å². The van der Waals surface area contributed by atoms with Crippen LogP contribution in [0.1, 0.15) is 52.9 Å². The first-order valence-corrected chi connectivity index (χ1v) is 7.10. The van der Waals surface area contributed by atoms with Crippen molar-refractivity contribution in [2.75, 3.05) is 13.1 Å². The van der Waals surface area contributed by atoms with Crippen LogP contribution in [0.3, 0.4) is 0 Å². The van der Waals surface area contributed by atoms with E-state index in [1.165, 1.54) is 32.1 Å².